The summed E-state index contributed by atoms with van der Waals surface area (Å²) in [7, 11) is 0. The fraction of sp³-hybridized carbons (Fsp3) is 0.125. The standard InChI is InChI=1S/C24H20ClN5O3/c1-16-7-9-20(10-8-16)30-24(33)29(15-17-4-2-6-19(25)12-17)23(32)21(28-30)22(31)27-14-18-5-3-11-26-13-18/h2-13H,14-15H2,1H3,(H,27,31). The molecule has 0 saturated heterocycles. The van der Waals surface area contributed by atoms with E-state index in [1.807, 2.05) is 19.1 Å². The van der Waals surface area contributed by atoms with Crippen molar-refractivity contribution in [2.45, 2.75) is 20.0 Å². The molecule has 1 N–H and O–H groups in total. The van der Waals surface area contributed by atoms with E-state index in [2.05, 4.69) is 15.4 Å². The van der Waals surface area contributed by atoms with E-state index in [0.29, 0.717) is 16.3 Å². The van der Waals surface area contributed by atoms with Gasteiger partial charge in [-0.05, 0) is 48.4 Å². The zero-order chi connectivity index (χ0) is 23.4. The highest BCUT2D eigenvalue weighted by Crippen LogP contribution is 2.11. The van der Waals surface area contributed by atoms with Crippen LogP contribution in [0.4, 0.5) is 0 Å². The summed E-state index contributed by atoms with van der Waals surface area (Å²) >= 11 is 6.06. The first-order valence-corrected chi connectivity index (χ1v) is 10.5. The number of carbonyl (C=O) groups is 1. The van der Waals surface area contributed by atoms with Crippen molar-refractivity contribution in [3.63, 3.8) is 0 Å². The number of hydrogen-bond acceptors (Lipinski definition) is 5. The van der Waals surface area contributed by atoms with Crippen molar-refractivity contribution in [3.8, 4) is 5.69 Å². The van der Waals surface area contributed by atoms with Crippen LogP contribution in [-0.2, 0) is 13.1 Å². The minimum atomic E-state index is -0.785. The molecule has 0 aliphatic rings. The van der Waals surface area contributed by atoms with Crippen LogP contribution in [0, 0.1) is 6.92 Å². The second kappa shape index (κ2) is 9.62. The maximum absolute atomic E-state index is 13.2. The molecule has 0 bridgehead atoms. The molecule has 0 unspecified atom stereocenters. The van der Waals surface area contributed by atoms with Gasteiger partial charge in [0.05, 0.1) is 12.2 Å². The van der Waals surface area contributed by atoms with Gasteiger partial charge in [0, 0.05) is 24.0 Å². The summed E-state index contributed by atoms with van der Waals surface area (Å²) < 4.78 is 2.04. The van der Waals surface area contributed by atoms with Gasteiger partial charge in [-0.3, -0.25) is 19.1 Å². The number of rotatable bonds is 6. The van der Waals surface area contributed by atoms with Crippen molar-refractivity contribution in [1.82, 2.24) is 24.6 Å². The predicted molar refractivity (Wildman–Crippen MR) is 125 cm³/mol. The Bertz CT molecular complexity index is 1410. The summed E-state index contributed by atoms with van der Waals surface area (Å²) in [6.07, 6.45) is 3.23. The predicted octanol–water partition coefficient (Wildman–Crippen LogP) is 2.73. The van der Waals surface area contributed by atoms with Crippen LogP contribution in [0.5, 0.6) is 0 Å². The van der Waals surface area contributed by atoms with Crippen molar-refractivity contribution >= 4 is 17.5 Å². The Kier molecular flexibility index (Phi) is 6.46. The molecule has 1 amide bonds. The van der Waals surface area contributed by atoms with Crippen molar-refractivity contribution in [2.24, 2.45) is 0 Å². The van der Waals surface area contributed by atoms with Crippen LogP contribution in [0.15, 0.2) is 82.6 Å². The smallest absolute Gasteiger partial charge is 0.346 e. The third-order valence-electron chi connectivity index (χ3n) is 4.96. The van der Waals surface area contributed by atoms with Gasteiger partial charge < -0.3 is 5.32 Å². The fourth-order valence-electron chi connectivity index (χ4n) is 3.24. The van der Waals surface area contributed by atoms with Crippen LogP contribution in [0.25, 0.3) is 5.69 Å². The third kappa shape index (κ3) is 5.07. The van der Waals surface area contributed by atoms with Crippen LogP contribution in [0.1, 0.15) is 27.2 Å². The molecule has 4 rings (SSSR count). The number of nitrogens with one attached hydrogen (secondary N) is 1. The lowest BCUT2D eigenvalue weighted by Gasteiger charge is -2.13. The van der Waals surface area contributed by atoms with Gasteiger partial charge in [0.2, 0.25) is 5.69 Å². The van der Waals surface area contributed by atoms with E-state index in [9.17, 15) is 14.4 Å². The van der Waals surface area contributed by atoms with Crippen LogP contribution in [0.2, 0.25) is 5.02 Å². The number of halogens is 1. The fourth-order valence-corrected chi connectivity index (χ4v) is 3.45. The van der Waals surface area contributed by atoms with Gasteiger partial charge in [-0.2, -0.15) is 9.78 Å². The van der Waals surface area contributed by atoms with E-state index in [1.54, 1.807) is 60.9 Å². The van der Waals surface area contributed by atoms with Gasteiger partial charge in [0.25, 0.3) is 11.5 Å². The molecule has 2 aromatic heterocycles. The number of pyridine rings is 1. The average molecular weight is 462 g/mol. The Labute approximate surface area is 194 Å². The highest BCUT2D eigenvalue weighted by molar-refractivity contribution is 6.30. The zero-order valence-electron chi connectivity index (χ0n) is 17.7. The topological polar surface area (TPSA) is 98.9 Å². The molecule has 9 heteroatoms. The highest BCUT2D eigenvalue weighted by Gasteiger charge is 2.20. The van der Waals surface area contributed by atoms with Crippen molar-refractivity contribution in [3.05, 3.63) is 121 Å². The second-order valence-electron chi connectivity index (χ2n) is 7.44. The highest BCUT2D eigenvalue weighted by atomic mass is 35.5. The van der Waals surface area contributed by atoms with Gasteiger partial charge in [0.15, 0.2) is 0 Å². The first kappa shape index (κ1) is 22.2. The normalized spacial score (nSPS) is 10.7. The van der Waals surface area contributed by atoms with Crippen LogP contribution >= 0.6 is 11.6 Å². The average Bonchev–Trinajstić information content (AvgIpc) is 2.82. The molecule has 0 aliphatic carbocycles. The van der Waals surface area contributed by atoms with E-state index in [1.165, 1.54) is 0 Å². The number of aryl methyl sites for hydroxylation is 1. The molecule has 0 spiro atoms. The summed E-state index contributed by atoms with van der Waals surface area (Å²) in [5, 5.41) is 7.27. The van der Waals surface area contributed by atoms with E-state index < -0.39 is 17.2 Å². The van der Waals surface area contributed by atoms with Gasteiger partial charge in [0.1, 0.15) is 0 Å². The van der Waals surface area contributed by atoms with Crippen LogP contribution < -0.4 is 16.6 Å². The van der Waals surface area contributed by atoms with E-state index in [4.69, 9.17) is 11.6 Å². The lowest BCUT2D eigenvalue weighted by atomic mass is 10.2. The third-order valence-corrected chi connectivity index (χ3v) is 5.19. The maximum atomic E-state index is 13.2. The van der Waals surface area contributed by atoms with Gasteiger partial charge in [-0.25, -0.2) is 4.79 Å². The first-order chi connectivity index (χ1) is 15.9. The van der Waals surface area contributed by atoms with Crippen molar-refractivity contribution in [1.29, 1.82) is 0 Å². The second-order valence-corrected chi connectivity index (χ2v) is 7.88. The SMILES string of the molecule is Cc1ccc(-n2nc(C(=O)NCc3cccnc3)c(=O)n(Cc3cccc(Cl)c3)c2=O)cc1. The van der Waals surface area contributed by atoms with Crippen LogP contribution in [0.3, 0.4) is 0 Å². The Morgan fingerprint density at radius 1 is 1.03 bits per heavy atom. The number of hydrogen-bond donors (Lipinski definition) is 1. The van der Waals surface area contributed by atoms with Gasteiger partial charge in [-0.1, -0.05) is 47.5 Å². The molecule has 2 aromatic carbocycles. The number of benzene rings is 2. The molecule has 0 aliphatic heterocycles. The van der Waals surface area contributed by atoms with Crippen molar-refractivity contribution in [2.75, 3.05) is 0 Å². The number of carbonyl (C=O) groups excluding carboxylic acids is 1. The van der Waals surface area contributed by atoms with E-state index in [0.717, 1.165) is 20.4 Å². The Hall–Kier alpha value is -4.04. The molecule has 33 heavy (non-hydrogen) atoms. The molecule has 0 saturated carbocycles. The number of aromatic nitrogens is 4. The quantitative estimate of drug-likeness (QED) is 0.476. The molecule has 0 fully saturated rings. The monoisotopic (exact) mass is 461 g/mol. The maximum Gasteiger partial charge on any atom is 0.352 e. The lowest BCUT2D eigenvalue weighted by molar-refractivity contribution is 0.0941. The summed E-state index contributed by atoms with van der Waals surface area (Å²) in [5.41, 5.74) is 1.00. The molecule has 0 radical (unpaired) electrons. The Balaban J connectivity index is 1.78. The number of nitrogens with zero attached hydrogens (tertiary/aromatic N) is 4. The summed E-state index contributed by atoms with van der Waals surface area (Å²) in [6, 6.07) is 17.4. The summed E-state index contributed by atoms with van der Waals surface area (Å²) in [4.78, 5) is 43.3. The van der Waals surface area contributed by atoms with E-state index >= 15 is 0 Å². The van der Waals surface area contributed by atoms with Crippen LogP contribution in [-0.4, -0.2) is 25.2 Å². The van der Waals surface area contributed by atoms with Gasteiger partial charge in [-0.15, -0.1) is 0 Å². The Morgan fingerprint density at radius 2 is 1.79 bits per heavy atom. The first-order valence-electron chi connectivity index (χ1n) is 10.1. The van der Waals surface area contributed by atoms with Crippen molar-refractivity contribution < 1.29 is 4.79 Å². The van der Waals surface area contributed by atoms with Gasteiger partial charge >= 0.3 is 5.69 Å². The molecular formula is C24H20ClN5O3. The lowest BCUT2D eigenvalue weighted by Crippen LogP contribution is -2.46. The zero-order valence-corrected chi connectivity index (χ0v) is 18.5. The molecule has 8 nitrogen and oxygen atoms in total. The summed E-state index contributed by atoms with van der Waals surface area (Å²) in [5.74, 6) is -0.690. The largest absolute Gasteiger partial charge is 0.352 e. The molecule has 0 atom stereocenters. The minimum absolute atomic E-state index is 0.0600. The molecule has 4 aromatic rings. The number of amides is 1. The van der Waals surface area contributed by atoms with E-state index in [-0.39, 0.29) is 18.8 Å². The Morgan fingerprint density at radius 3 is 2.48 bits per heavy atom. The molecule has 2 heterocycles. The molecule has 166 valence electrons. The molecular weight excluding hydrogens is 442 g/mol. The minimum Gasteiger partial charge on any atom is -0.346 e. The summed E-state index contributed by atoms with van der Waals surface area (Å²) in [6.45, 7) is 2.01.